The molecule has 0 heterocycles. The second-order valence-corrected chi connectivity index (χ2v) is 6.50. The lowest BCUT2D eigenvalue weighted by Crippen LogP contribution is -2.13. The van der Waals surface area contributed by atoms with Crippen LogP contribution in [0.1, 0.15) is 13.8 Å². The molecule has 0 bridgehead atoms. The SMILES string of the molecule is C/C=C(\C=C(/C)S(=O)(=O)Cl)C(=O)Nc1ccccc1. The number of halogens is 1. The lowest BCUT2D eigenvalue weighted by Gasteiger charge is -2.06. The van der Waals surface area contributed by atoms with Gasteiger partial charge in [0.2, 0.25) is 0 Å². The van der Waals surface area contributed by atoms with Crippen LogP contribution in [0, 0.1) is 0 Å². The fourth-order valence-electron chi connectivity index (χ4n) is 1.29. The molecule has 19 heavy (non-hydrogen) atoms. The summed E-state index contributed by atoms with van der Waals surface area (Å²) in [5.41, 5.74) is 0.859. The molecule has 0 spiro atoms. The molecule has 1 aromatic carbocycles. The van der Waals surface area contributed by atoms with Crippen molar-refractivity contribution in [2.24, 2.45) is 0 Å². The quantitative estimate of drug-likeness (QED) is 0.528. The molecule has 1 amide bonds. The summed E-state index contributed by atoms with van der Waals surface area (Å²) in [5, 5.41) is 2.66. The maximum Gasteiger partial charge on any atom is 0.257 e. The van der Waals surface area contributed by atoms with E-state index < -0.39 is 15.0 Å². The van der Waals surface area contributed by atoms with Crippen molar-refractivity contribution in [3.63, 3.8) is 0 Å². The minimum Gasteiger partial charge on any atom is -0.322 e. The molecule has 102 valence electrons. The summed E-state index contributed by atoms with van der Waals surface area (Å²) in [6, 6.07) is 8.88. The van der Waals surface area contributed by atoms with Crippen molar-refractivity contribution >= 4 is 31.3 Å². The van der Waals surface area contributed by atoms with Gasteiger partial charge in [-0.2, -0.15) is 0 Å². The Morgan fingerprint density at radius 2 is 1.84 bits per heavy atom. The molecular weight excluding hydrogens is 286 g/mol. The minimum atomic E-state index is -3.80. The minimum absolute atomic E-state index is 0.0783. The molecule has 1 N–H and O–H groups in total. The van der Waals surface area contributed by atoms with Gasteiger partial charge in [-0.1, -0.05) is 24.3 Å². The largest absolute Gasteiger partial charge is 0.322 e. The molecule has 0 aromatic heterocycles. The first-order valence-electron chi connectivity index (χ1n) is 5.50. The molecule has 0 fully saturated rings. The Balaban J connectivity index is 2.92. The normalized spacial score (nSPS) is 13.2. The topological polar surface area (TPSA) is 63.2 Å². The van der Waals surface area contributed by atoms with E-state index in [9.17, 15) is 13.2 Å². The number of carbonyl (C=O) groups excluding carboxylic acids is 1. The van der Waals surface area contributed by atoms with Gasteiger partial charge in [-0.05, 0) is 32.1 Å². The summed E-state index contributed by atoms with van der Waals surface area (Å²) in [7, 11) is 1.39. The average Bonchev–Trinajstić information content (AvgIpc) is 2.35. The molecule has 0 aliphatic carbocycles. The zero-order valence-corrected chi connectivity index (χ0v) is 12.1. The Labute approximate surface area is 117 Å². The Morgan fingerprint density at radius 3 is 2.32 bits per heavy atom. The van der Waals surface area contributed by atoms with Gasteiger partial charge in [0.25, 0.3) is 15.0 Å². The number of nitrogens with one attached hydrogen (secondary N) is 1. The molecule has 4 nitrogen and oxygen atoms in total. The van der Waals surface area contributed by atoms with E-state index >= 15 is 0 Å². The number of anilines is 1. The van der Waals surface area contributed by atoms with E-state index in [1.165, 1.54) is 19.1 Å². The molecule has 0 unspecified atom stereocenters. The van der Waals surface area contributed by atoms with Crippen molar-refractivity contribution in [3.05, 3.63) is 53.0 Å². The van der Waals surface area contributed by atoms with Crippen molar-refractivity contribution in [2.45, 2.75) is 13.8 Å². The van der Waals surface area contributed by atoms with Crippen LogP contribution in [0.4, 0.5) is 5.69 Å². The number of carbonyl (C=O) groups is 1. The summed E-state index contributed by atoms with van der Waals surface area (Å²) in [6.07, 6.45) is 2.75. The number of para-hydroxylation sites is 1. The van der Waals surface area contributed by atoms with Crippen LogP contribution in [0.2, 0.25) is 0 Å². The third kappa shape index (κ3) is 4.89. The molecule has 1 aromatic rings. The highest BCUT2D eigenvalue weighted by Crippen LogP contribution is 2.15. The first-order valence-corrected chi connectivity index (χ1v) is 7.81. The van der Waals surface area contributed by atoms with Gasteiger partial charge in [-0.3, -0.25) is 4.79 Å². The summed E-state index contributed by atoms with van der Waals surface area (Å²) >= 11 is 0. The van der Waals surface area contributed by atoms with Crippen LogP contribution in [0.3, 0.4) is 0 Å². The van der Waals surface area contributed by atoms with E-state index in [1.807, 2.05) is 6.07 Å². The van der Waals surface area contributed by atoms with Crippen LogP contribution >= 0.6 is 10.7 Å². The van der Waals surface area contributed by atoms with Gasteiger partial charge in [0, 0.05) is 21.9 Å². The first-order chi connectivity index (χ1) is 8.84. The molecule has 0 atom stereocenters. The molecule has 0 saturated heterocycles. The van der Waals surface area contributed by atoms with Gasteiger partial charge in [-0.25, -0.2) is 8.42 Å². The van der Waals surface area contributed by atoms with E-state index in [2.05, 4.69) is 5.32 Å². The first kappa shape index (κ1) is 15.5. The van der Waals surface area contributed by atoms with Crippen LogP contribution in [0.5, 0.6) is 0 Å². The number of benzene rings is 1. The number of rotatable bonds is 4. The molecule has 6 heteroatoms. The highest BCUT2D eigenvalue weighted by atomic mass is 35.7. The van der Waals surface area contributed by atoms with Crippen molar-refractivity contribution in [1.82, 2.24) is 0 Å². The van der Waals surface area contributed by atoms with Crippen LogP contribution in [0.25, 0.3) is 0 Å². The smallest absolute Gasteiger partial charge is 0.257 e. The Morgan fingerprint density at radius 1 is 1.26 bits per heavy atom. The number of hydrogen-bond acceptors (Lipinski definition) is 3. The molecule has 0 radical (unpaired) electrons. The Hall–Kier alpha value is -1.59. The third-order valence-corrected chi connectivity index (χ3v) is 3.97. The predicted octanol–water partition coefficient (Wildman–Crippen LogP) is 3.04. The van der Waals surface area contributed by atoms with Crippen molar-refractivity contribution < 1.29 is 13.2 Å². The number of hydrogen-bond donors (Lipinski definition) is 1. The second kappa shape index (κ2) is 6.54. The van der Waals surface area contributed by atoms with Crippen LogP contribution < -0.4 is 5.32 Å². The number of amides is 1. The summed E-state index contributed by atoms with van der Waals surface area (Å²) < 4.78 is 22.2. The van der Waals surface area contributed by atoms with Crippen molar-refractivity contribution in [3.8, 4) is 0 Å². The Bertz CT molecular complexity index is 619. The summed E-state index contributed by atoms with van der Waals surface area (Å²) in [6.45, 7) is 2.98. The Kier molecular flexibility index (Phi) is 5.32. The molecular formula is C13H14ClNO3S. The van der Waals surface area contributed by atoms with E-state index in [-0.39, 0.29) is 10.5 Å². The molecule has 0 aliphatic heterocycles. The number of allylic oxidation sites excluding steroid dienone is 2. The maximum atomic E-state index is 11.9. The van der Waals surface area contributed by atoms with E-state index in [4.69, 9.17) is 10.7 Å². The van der Waals surface area contributed by atoms with Gasteiger partial charge in [0.1, 0.15) is 0 Å². The average molecular weight is 300 g/mol. The zero-order valence-electron chi connectivity index (χ0n) is 10.6. The van der Waals surface area contributed by atoms with Crippen molar-refractivity contribution in [1.29, 1.82) is 0 Å². The van der Waals surface area contributed by atoms with Gasteiger partial charge in [-0.15, -0.1) is 0 Å². The van der Waals surface area contributed by atoms with E-state index in [0.29, 0.717) is 5.69 Å². The summed E-state index contributed by atoms with van der Waals surface area (Å²) in [4.78, 5) is 11.9. The van der Waals surface area contributed by atoms with Gasteiger partial charge in [0.05, 0.1) is 4.91 Å². The van der Waals surface area contributed by atoms with Gasteiger partial charge in [0.15, 0.2) is 0 Å². The van der Waals surface area contributed by atoms with Crippen LogP contribution in [-0.4, -0.2) is 14.3 Å². The fourth-order valence-corrected chi connectivity index (χ4v) is 1.70. The van der Waals surface area contributed by atoms with Crippen molar-refractivity contribution in [2.75, 3.05) is 5.32 Å². The van der Waals surface area contributed by atoms with Crippen LogP contribution in [0.15, 0.2) is 53.0 Å². The second-order valence-electron chi connectivity index (χ2n) is 3.76. The van der Waals surface area contributed by atoms with Gasteiger partial charge < -0.3 is 5.32 Å². The lowest BCUT2D eigenvalue weighted by atomic mass is 10.2. The van der Waals surface area contributed by atoms with Crippen LogP contribution in [-0.2, 0) is 13.8 Å². The third-order valence-electron chi connectivity index (χ3n) is 2.35. The zero-order chi connectivity index (χ0) is 14.5. The molecule has 0 saturated carbocycles. The monoisotopic (exact) mass is 299 g/mol. The highest BCUT2D eigenvalue weighted by molar-refractivity contribution is 8.16. The lowest BCUT2D eigenvalue weighted by molar-refractivity contribution is -0.112. The molecule has 0 aliphatic rings. The van der Waals surface area contributed by atoms with Gasteiger partial charge >= 0.3 is 0 Å². The predicted molar refractivity (Wildman–Crippen MR) is 77.4 cm³/mol. The maximum absolute atomic E-state index is 11.9. The molecule has 1 rings (SSSR count). The van der Waals surface area contributed by atoms with E-state index in [0.717, 1.165) is 0 Å². The summed E-state index contributed by atoms with van der Waals surface area (Å²) in [5.74, 6) is -0.395. The van der Waals surface area contributed by atoms with E-state index in [1.54, 1.807) is 31.2 Å². The fraction of sp³-hybridized carbons (Fsp3) is 0.154. The standard InChI is InChI=1S/C13H14ClNO3S/c1-3-11(9-10(2)19(14,17)18)13(16)15-12-7-5-4-6-8-12/h3-9H,1-2H3,(H,15,16)/b10-9+,11-3+. The highest BCUT2D eigenvalue weighted by Gasteiger charge is 2.12.